The lowest BCUT2D eigenvalue weighted by molar-refractivity contribution is 0.487. The first-order valence-corrected chi connectivity index (χ1v) is 6.76. The molecule has 0 aliphatic rings. The van der Waals surface area contributed by atoms with Crippen molar-refractivity contribution in [2.45, 2.75) is 6.04 Å². The van der Waals surface area contributed by atoms with Crippen molar-refractivity contribution in [3.63, 3.8) is 0 Å². The third kappa shape index (κ3) is 2.64. The Balaban J connectivity index is 2.03. The van der Waals surface area contributed by atoms with Gasteiger partial charge in [-0.25, -0.2) is 9.37 Å². The van der Waals surface area contributed by atoms with Gasteiger partial charge >= 0.3 is 0 Å². The molecule has 3 rings (SSSR count). The Labute approximate surface area is 126 Å². The number of hydrogen-bond acceptors (Lipinski definition) is 3. The lowest BCUT2D eigenvalue weighted by Gasteiger charge is -2.19. The van der Waals surface area contributed by atoms with E-state index in [1.807, 2.05) is 17.8 Å². The maximum Gasteiger partial charge on any atom is 0.147 e. The van der Waals surface area contributed by atoms with Crippen LogP contribution in [0.1, 0.15) is 17.6 Å². The van der Waals surface area contributed by atoms with Crippen LogP contribution >= 0.6 is 11.6 Å². The highest BCUT2D eigenvalue weighted by molar-refractivity contribution is 6.33. The summed E-state index contributed by atoms with van der Waals surface area (Å²) in [6.07, 6.45) is 5.06. The monoisotopic (exact) mass is 305 g/mol. The van der Waals surface area contributed by atoms with E-state index in [4.69, 9.17) is 16.0 Å². The van der Waals surface area contributed by atoms with Crippen LogP contribution in [0.3, 0.4) is 0 Å². The van der Waals surface area contributed by atoms with Crippen LogP contribution in [0.2, 0.25) is 5.02 Å². The van der Waals surface area contributed by atoms with E-state index in [2.05, 4.69) is 10.3 Å². The number of nitrogens with one attached hydrogen (secondary N) is 1. The van der Waals surface area contributed by atoms with E-state index >= 15 is 0 Å². The number of halogens is 2. The van der Waals surface area contributed by atoms with Gasteiger partial charge in [0, 0.05) is 19.4 Å². The van der Waals surface area contributed by atoms with Gasteiger partial charge in [-0.2, -0.15) is 0 Å². The van der Waals surface area contributed by atoms with E-state index in [9.17, 15) is 4.39 Å². The van der Waals surface area contributed by atoms with Gasteiger partial charge in [-0.1, -0.05) is 17.7 Å². The fourth-order valence-corrected chi connectivity index (χ4v) is 2.37. The van der Waals surface area contributed by atoms with Crippen molar-refractivity contribution < 1.29 is 8.81 Å². The van der Waals surface area contributed by atoms with E-state index < -0.39 is 11.9 Å². The number of aryl methyl sites for hydroxylation is 1. The van der Waals surface area contributed by atoms with Crippen LogP contribution in [-0.2, 0) is 7.05 Å². The largest absolute Gasteiger partial charge is 0.467 e. The zero-order valence-electron chi connectivity index (χ0n) is 11.3. The molecule has 0 aliphatic heterocycles. The van der Waals surface area contributed by atoms with Crippen molar-refractivity contribution >= 4 is 17.3 Å². The van der Waals surface area contributed by atoms with Gasteiger partial charge in [-0.3, -0.25) is 0 Å². The molecule has 0 aliphatic carbocycles. The van der Waals surface area contributed by atoms with Gasteiger partial charge in [0.05, 0.1) is 17.0 Å². The number of benzene rings is 1. The smallest absolute Gasteiger partial charge is 0.147 e. The molecule has 2 heterocycles. The summed E-state index contributed by atoms with van der Waals surface area (Å²) in [4.78, 5) is 4.30. The molecule has 3 aromatic rings. The predicted octanol–water partition coefficient (Wildman–Crippen LogP) is 4.01. The minimum absolute atomic E-state index is 0.226. The van der Waals surface area contributed by atoms with Gasteiger partial charge < -0.3 is 14.3 Å². The fourth-order valence-electron chi connectivity index (χ4n) is 2.15. The van der Waals surface area contributed by atoms with Crippen molar-refractivity contribution in [3.8, 4) is 0 Å². The second kappa shape index (κ2) is 5.61. The summed E-state index contributed by atoms with van der Waals surface area (Å²) in [7, 11) is 1.86. The number of anilines is 1. The third-order valence-electron chi connectivity index (χ3n) is 3.20. The van der Waals surface area contributed by atoms with Crippen molar-refractivity contribution in [1.29, 1.82) is 0 Å². The molecule has 6 heteroatoms. The first-order chi connectivity index (χ1) is 10.2. The number of hydrogen-bond donors (Lipinski definition) is 1. The Morgan fingerprint density at radius 2 is 2.19 bits per heavy atom. The van der Waals surface area contributed by atoms with Crippen molar-refractivity contribution in [2.75, 3.05) is 5.32 Å². The van der Waals surface area contributed by atoms with Crippen LogP contribution < -0.4 is 5.32 Å². The summed E-state index contributed by atoms with van der Waals surface area (Å²) in [6, 6.07) is 7.69. The number of rotatable bonds is 4. The molecule has 0 radical (unpaired) electrons. The first kappa shape index (κ1) is 13.7. The predicted molar refractivity (Wildman–Crippen MR) is 78.8 cm³/mol. The summed E-state index contributed by atoms with van der Waals surface area (Å²) >= 11 is 6.08. The molecule has 4 nitrogen and oxygen atoms in total. The highest BCUT2D eigenvalue weighted by Gasteiger charge is 2.23. The third-order valence-corrected chi connectivity index (χ3v) is 3.51. The molecule has 1 aromatic carbocycles. The van der Waals surface area contributed by atoms with E-state index in [1.165, 1.54) is 6.07 Å². The molecule has 1 N–H and O–H groups in total. The fraction of sp³-hybridized carbons (Fsp3) is 0.133. The normalized spacial score (nSPS) is 12.3. The average molecular weight is 306 g/mol. The molecule has 0 bridgehead atoms. The number of imidazole rings is 1. The van der Waals surface area contributed by atoms with Crippen LogP contribution in [0.5, 0.6) is 0 Å². The van der Waals surface area contributed by atoms with E-state index in [0.717, 1.165) is 0 Å². The molecule has 0 fully saturated rings. The molecular weight excluding hydrogens is 293 g/mol. The first-order valence-electron chi connectivity index (χ1n) is 6.38. The molecular formula is C15H13ClFN3O. The Kier molecular flexibility index (Phi) is 3.66. The Morgan fingerprint density at radius 1 is 1.33 bits per heavy atom. The van der Waals surface area contributed by atoms with Gasteiger partial charge in [0.15, 0.2) is 0 Å². The summed E-state index contributed by atoms with van der Waals surface area (Å²) < 4.78 is 21.3. The summed E-state index contributed by atoms with van der Waals surface area (Å²) in [5, 5.41) is 3.38. The van der Waals surface area contributed by atoms with E-state index in [-0.39, 0.29) is 5.69 Å². The Morgan fingerprint density at radius 3 is 2.81 bits per heavy atom. The lowest BCUT2D eigenvalue weighted by Crippen LogP contribution is -2.17. The SMILES string of the molecule is Cn1ccnc1C(Nc1c(F)cccc1Cl)c1ccco1. The van der Waals surface area contributed by atoms with Gasteiger partial charge in [-0.05, 0) is 24.3 Å². The summed E-state index contributed by atoms with van der Waals surface area (Å²) in [5.74, 6) is 0.904. The quantitative estimate of drug-likeness (QED) is 0.792. The number of aromatic nitrogens is 2. The van der Waals surface area contributed by atoms with Gasteiger partial charge in [-0.15, -0.1) is 0 Å². The minimum atomic E-state index is -0.436. The molecule has 0 saturated carbocycles. The van der Waals surface area contributed by atoms with Crippen molar-refractivity contribution in [2.24, 2.45) is 7.05 Å². The maximum absolute atomic E-state index is 14.0. The van der Waals surface area contributed by atoms with Gasteiger partial charge in [0.2, 0.25) is 0 Å². The van der Waals surface area contributed by atoms with Gasteiger partial charge in [0.1, 0.15) is 23.4 Å². The zero-order valence-corrected chi connectivity index (χ0v) is 12.0. The number of furan rings is 1. The van der Waals surface area contributed by atoms with Crippen molar-refractivity contribution in [3.05, 3.63) is 71.4 Å². The standard InChI is InChI=1S/C15H13ClFN3O/c1-20-8-7-18-15(20)14(12-6-3-9-21-12)19-13-10(16)4-2-5-11(13)17/h2-9,14,19H,1H3. The molecule has 1 unspecified atom stereocenters. The van der Waals surface area contributed by atoms with E-state index in [1.54, 1.807) is 36.7 Å². The minimum Gasteiger partial charge on any atom is -0.467 e. The van der Waals surface area contributed by atoms with Crippen molar-refractivity contribution in [1.82, 2.24) is 9.55 Å². The topological polar surface area (TPSA) is 43.0 Å². The number of nitrogens with zero attached hydrogens (tertiary/aromatic N) is 2. The Bertz CT molecular complexity index is 719. The molecule has 108 valence electrons. The second-order valence-electron chi connectivity index (χ2n) is 4.59. The highest BCUT2D eigenvalue weighted by Crippen LogP contribution is 2.31. The molecule has 21 heavy (non-hydrogen) atoms. The number of para-hydroxylation sites is 1. The lowest BCUT2D eigenvalue weighted by atomic mass is 10.2. The van der Waals surface area contributed by atoms with Gasteiger partial charge in [0.25, 0.3) is 0 Å². The summed E-state index contributed by atoms with van der Waals surface area (Å²) in [5.41, 5.74) is 0.226. The van der Waals surface area contributed by atoms with Crippen LogP contribution in [0, 0.1) is 5.82 Å². The molecule has 1 atom stereocenters. The molecule has 0 amide bonds. The highest BCUT2D eigenvalue weighted by atomic mass is 35.5. The molecule has 0 saturated heterocycles. The van der Waals surface area contributed by atoms with Crippen LogP contribution in [0.25, 0.3) is 0 Å². The Hall–Kier alpha value is -2.27. The molecule has 0 spiro atoms. The van der Waals surface area contributed by atoms with Crippen LogP contribution in [0.15, 0.2) is 53.4 Å². The van der Waals surface area contributed by atoms with Crippen LogP contribution in [-0.4, -0.2) is 9.55 Å². The van der Waals surface area contributed by atoms with E-state index in [0.29, 0.717) is 16.6 Å². The second-order valence-corrected chi connectivity index (χ2v) is 4.99. The summed E-state index contributed by atoms with van der Waals surface area (Å²) in [6.45, 7) is 0. The maximum atomic E-state index is 14.0. The molecule has 2 aromatic heterocycles. The average Bonchev–Trinajstić information content (AvgIpc) is 3.11. The van der Waals surface area contributed by atoms with Crippen LogP contribution in [0.4, 0.5) is 10.1 Å². The zero-order chi connectivity index (χ0) is 14.8.